The molecule has 136 valence electrons. The van der Waals surface area contributed by atoms with Crippen molar-refractivity contribution in [3.8, 4) is 0 Å². The molecular formula is C16H26N2O6. The fourth-order valence-electron chi connectivity index (χ4n) is 3.21. The van der Waals surface area contributed by atoms with Gasteiger partial charge in [-0.15, -0.1) is 0 Å². The van der Waals surface area contributed by atoms with E-state index in [4.69, 9.17) is 4.74 Å². The number of hydrogen-bond donors (Lipinski definition) is 2. The van der Waals surface area contributed by atoms with Gasteiger partial charge in [0.05, 0.1) is 20.3 Å². The summed E-state index contributed by atoms with van der Waals surface area (Å²) in [6, 6.07) is -1.73. The molecule has 0 saturated carbocycles. The van der Waals surface area contributed by atoms with E-state index < -0.39 is 29.6 Å². The third-order valence-electron chi connectivity index (χ3n) is 4.79. The number of carbonyl (C=O) groups is 3. The van der Waals surface area contributed by atoms with Crippen molar-refractivity contribution in [2.24, 2.45) is 17.3 Å². The number of nitrogens with one attached hydrogen (secondary N) is 1. The summed E-state index contributed by atoms with van der Waals surface area (Å²) >= 11 is 0. The number of hydrogen-bond acceptors (Lipinski definition) is 5. The molecule has 2 fully saturated rings. The standard InChI is InChI=1S/C16H26N2O6/c1-16(2,3)12(17-15(22)23-4)13(19)18-6-9(10-7-24-8-10)5-11(18)14(20)21/h9-12H,5-8H2,1-4H3,(H,17,22)(H,20,21)/t9?,11?,12-/m1/s1. The van der Waals surface area contributed by atoms with Crippen LogP contribution in [0.5, 0.6) is 0 Å². The summed E-state index contributed by atoms with van der Waals surface area (Å²) in [7, 11) is 1.22. The van der Waals surface area contributed by atoms with Crippen molar-refractivity contribution in [2.75, 3.05) is 26.9 Å². The normalized spacial score (nSPS) is 25.8. The topological polar surface area (TPSA) is 105 Å². The molecule has 0 aromatic carbocycles. The molecule has 8 heteroatoms. The molecule has 2 unspecified atom stereocenters. The van der Waals surface area contributed by atoms with Crippen molar-refractivity contribution in [1.82, 2.24) is 10.2 Å². The quantitative estimate of drug-likeness (QED) is 0.779. The van der Waals surface area contributed by atoms with Gasteiger partial charge in [-0.1, -0.05) is 20.8 Å². The largest absolute Gasteiger partial charge is 0.480 e. The van der Waals surface area contributed by atoms with E-state index >= 15 is 0 Å². The number of ether oxygens (including phenoxy) is 2. The van der Waals surface area contributed by atoms with Crippen molar-refractivity contribution < 1.29 is 29.0 Å². The lowest BCUT2D eigenvalue weighted by Gasteiger charge is -2.35. The SMILES string of the molecule is COC(=O)N[C@H](C(=O)N1CC(C2COC2)CC1C(=O)O)C(C)(C)C. The molecular weight excluding hydrogens is 316 g/mol. The monoisotopic (exact) mass is 342 g/mol. The van der Waals surface area contributed by atoms with E-state index in [1.165, 1.54) is 12.0 Å². The number of nitrogens with zero attached hydrogens (tertiary/aromatic N) is 1. The third kappa shape index (κ3) is 3.80. The number of carboxylic acid groups (broad SMARTS) is 1. The van der Waals surface area contributed by atoms with Gasteiger partial charge in [0.15, 0.2) is 0 Å². The number of rotatable bonds is 4. The maximum Gasteiger partial charge on any atom is 0.407 e. The summed E-state index contributed by atoms with van der Waals surface area (Å²) in [4.78, 5) is 37.6. The predicted octanol–water partition coefficient (Wildman–Crippen LogP) is 0.705. The summed E-state index contributed by atoms with van der Waals surface area (Å²) < 4.78 is 9.78. The van der Waals surface area contributed by atoms with Gasteiger partial charge in [-0.05, 0) is 17.8 Å². The van der Waals surface area contributed by atoms with Gasteiger partial charge in [-0.2, -0.15) is 0 Å². The van der Waals surface area contributed by atoms with Gasteiger partial charge in [0.1, 0.15) is 12.1 Å². The highest BCUT2D eigenvalue weighted by Crippen LogP contribution is 2.34. The first kappa shape index (κ1) is 18.5. The molecule has 0 aromatic rings. The van der Waals surface area contributed by atoms with Crippen LogP contribution >= 0.6 is 0 Å². The molecule has 0 spiro atoms. The highest BCUT2D eigenvalue weighted by Gasteiger charge is 2.47. The van der Waals surface area contributed by atoms with E-state index in [0.717, 1.165) is 0 Å². The lowest BCUT2D eigenvalue weighted by Crippen LogP contribution is -2.56. The van der Waals surface area contributed by atoms with Crippen LogP contribution in [0.4, 0.5) is 4.79 Å². The highest BCUT2D eigenvalue weighted by atomic mass is 16.5. The van der Waals surface area contributed by atoms with Crippen molar-refractivity contribution in [2.45, 2.75) is 39.3 Å². The second-order valence-electron chi connectivity index (χ2n) is 7.57. The van der Waals surface area contributed by atoms with Gasteiger partial charge >= 0.3 is 12.1 Å². The van der Waals surface area contributed by atoms with Crippen molar-refractivity contribution in [3.05, 3.63) is 0 Å². The number of amides is 2. The molecule has 2 heterocycles. The van der Waals surface area contributed by atoms with Crippen LogP contribution in [-0.4, -0.2) is 66.9 Å². The lowest BCUT2D eigenvalue weighted by atomic mass is 9.85. The van der Waals surface area contributed by atoms with Crippen LogP contribution in [0.1, 0.15) is 27.2 Å². The number of aliphatic carboxylic acids is 1. The summed E-state index contributed by atoms with van der Waals surface area (Å²) in [6.45, 7) is 7.04. The Morgan fingerprint density at radius 2 is 1.88 bits per heavy atom. The number of methoxy groups -OCH3 is 1. The van der Waals surface area contributed by atoms with Gasteiger partial charge in [0.25, 0.3) is 0 Å². The maximum absolute atomic E-state index is 13.0. The zero-order chi connectivity index (χ0) is 18.1. The highest BCUT2D eigenvalue weighted by molar-refractivity contribution is 5.90. The van der Waals surface area contributed by atoms with Crippen LogP contribution < -0.4 is 5.32 Å². The molecule has 8 nitrogen and oxygen atoms in total. The summed E-state index contributed by atoms with van der Waals surface area (Å²) in [5.74, 6) is -0.992. The molecule has 0 radical (unpaired) electrons. The molecule has 0 aliphatic carbocycles. The maximum atomic E-state index is 13.0. The zero-order valence-electron chi connectivity index (χ0n) is 14.6. The molecule has 2 saturated heterocycles. The van der Waals surface area contributed by atoms with Crippen LogP contribution in [0.3, 0.4) is 0 Å². The van der Waals surface area contributed by atoms with Gasteiger partial charge < -0.3 is 24.8 Å². The van der Waals surface area contributed by atoms with Crippen molar-refractivity contribution >= 4 is 18.0 Å². The molecule has 2 N–H and O–H groups in total. The predicted molar refractivity (Wildman–Crippen MR) is 84.3 cm³/mol. The Bertz CT molecular complexity index is 511. The Kier molecular flexibility index (Phi) is 5.37. The van der Waals surface area contributed by atoms with Gasteiger partial charge in [0.2, 0.25) is 5.91 Å². The van der Waals surface area contributed by atoms with Gasteiger partial charge in [0, 0.05) is 12.5 Å². The Morgan fingerprint density at radius 3 is 2.29 bits per heavy atom. The van der Waals surface area contributed by atoms with Gasteiger partial charge in [-0.3, -0.25) is 4.79 Å². The molecule has 2 aliphatic heterocycles. The average molecular weight is 342 g/mol. The second-order valence-corrected chi connectivity index (χ2v) is 7.57. The second kappa shape index (κ2) is 6.96. The molecule has 3 atom stereocenters. The average Bonchev–Trinajstić information content (AvgIpc) is 2.85. The molecule has 2 rings (SSSR count). The van der Waals surface area contributed by atoms with E-state index in [0.29, 0.717) is 32.1 Å². The minimum absolute atomic E-state index is 0.113. The Morgan fingerprint density at radius 1 is 1.25 bits per heavy atom. The minimum atomic E-state index is -1.02. The third-order valence-corrected chi connectivity index (χ3v) is 4.79. The Labute approximate surface area is 141 Å². The first-order valence-electron chi connectivity index (χ1n) is 8.10. The molecule has 0 aromatic heterocycles. The lowest BCUT2D eigenvalue weighted by molar-refractivity contribution is -0.150. The zero-order valence-corrected chi connectivity index (χ0v) is 14.6. The van der Waals surface area contributed by atoms with E-state index in [2.05, 4.69) is 10.1 Å². The number of alkyl carbamates (subject to hydrolysis) is 1. The van der Waals surface area contributed by atoms with E-state index in [1.807, 2.05) is 20.8 Å². The molecule has 2 aliphatic rings. The van der Waals surface area contributed by atoms with Crippen LogP contribution in [0.2, 0.25) is 0 Å². The van der Waals surface area contributed by atoms with E-state index in [1.54, 1.807) is 0 Å². The van der Waals surface area contributed by atoms with Crippen LogP contribution in [0, 0.1) is 17.3 Å². The van der Waals surface area contributed by atoms with E-state index in [9.17, 15) is 19.5 Å². The van der Waals surface area contributed by atoms with Crippen LogP contribution in [0.25, 0.3) is 0 Å². The number of carbonyl (C=O) groups excluding carboxylic acids is 2. The summed E-state index contributed by atoms with van der Waals surface area (Å²) in [5, 5.41) is 12.0. The van der Waals surface area contributed by atoms with Gasteiger partial charge in [-0.25, -0.2) is 9.59 Å². The Hall–Kier alpha value is -1.83. The van der Waals surface area contributed by atoms with Crippen molar-refractivity contribution in [1.29, 1.82) is 0 Å². The smallest absolute Gasteiger partial charge is 0.407 e. The summed E-state index contributed by atoms with van der Waals surface area (Å²) in [6.07, 6.45) is -0.289. The Balaban J connectivity index is 2.18. The van der Waals surface area contributed by atoms with Crippen LogP contribution in [0.15, 0.2) is 0 Å². The number of likely N-dealkylation sites (tertiary alicyclic amines) is 1. The van der Waals surface area contributed by atoms with Crippen molar-refractivity contribution in [3.63, 3.8) is 0 Å². The molecule has 24 heavy (non-hydrogen) atoms. The summed E-state index contributed by atoms with van der Waals surface area (Å²) in [5.41, 5.74) is -0.577. The van der Waals surface area contributed by atoms with E-state index in [-0.39, 0.29) is 11.8 Å². The van der Waals surface area contributed by atoms with Crippen LogP contribution in [-0.2, 0) is 19.1 Å². The minimum Gasteiger partial charge on any atom is -0.480 e. The first-order chi connectivity index (χ1) is 11.1. The fourth-order valence-corrected chi connectivity index (χ4v) is 3.21. The number of carboxylic acids is 1. The molecule has 0 bridgehead atoms. The molecule has 2 amide bonds. The first-order valence-corrected chi connectivity index (χ1v) is 8.10. The fraction of sp³-hybridized carbons (Fsp3) is 0.812.